The average Bonchev–Trinajstić information content (AvgIpc) is 2.31. The molecule has 0 bridgehead atoms. The molecule has 1 nitrogen and oxygen atoms in total. The second kappa shape index (κ2) is 8.04. The van der Waals surface area contributed by atoms with Gasteiger partial charge in [0.1, 0.15) is 0 Å². The number of anilines is 1. The molecule has 0 aliphatic heterocycles. The van der Waals surface area contributed by atoms with Crippen molar-refractivity contribution in [3.63, 3.8) is 0 Å². The van der Waals surface area contributed by atoms with E-state index in [-0.39, 0.29) is 0 Å². The molecule has 0 aromatic heterocycles. The van der Waals surface area contributed by atoms with E-state index in [1.54, 1.807) is 0 Å². The van der Waals surface area contributed by atoms with Crippen LogP contribution in [0.25, 0.3) is 0 Å². The van der Waals surface area contributed by atoms with Gasteiger partial charge in [0.25, 0.3) is 0 Å². The van der Waals surface area contributed by atoms with Gasteiger partial charge in [0, 0.05) is 22.5 Å². The molecule has 1 aromatic carbocycles. The van der Waals surface area contributed by atoms with Crippen molar-refractivity contribution in [2.75, 3.05) is 22.9 Å². The monoisotopic (exact) mass is 315 g/mol. The zero-order valence-electron chi connectivity index (χ0n) is 10.9. The highest BCUT2D eigenvalue weighted by atomic mass is 79.9. The standard InChI is InChI=1S/C14H22BrNS/c1-4-16-14-7-6-12(17-9-5-8-15)10-13(14)11(2)3/h6-7,10-11,16H,4-5,8-9H2,1-3H3. The molecule has 0 aliphatic carbocycles. The predicted molar refractivity (Wildman–Crippen MR) is 83.8 cm³/mol. The van der Waals surface area contributed by atoms with Gasteiger partial charge in [0.2, 0.25) is 0 Å². The van der Waals surface area contributed by atoms with E-state index in [9.17, 15) is 0 Å². The van der Waals surface area contributed by atoms with Crippen LogP contribution in [0.15, 0.2) is 23.1 Å². The summed E-state index contributed by atoms with van der Waals surface area (Å²) in [5.41, 5.74) is 2.71. The quantitative estimate of drug-likeness (QED) is 0.426. The van der Waals surface area contributed by atoms with Gasteiger partial charge < -0.3 is 5.32 Å². The van der Waals surface area contributed by atoms with Crippen LogP contribution in [-0.2, 0) is 0 Å². The molecule has 1 rings (SSSR count). The first kappa shape index (κ1) is 14.9. The zero-order chi connectivity index (χ0) is 12.7. The lowest BCUT2D eigenvalue weighted by atomic mass is 10.0. The summed E-state index contributed by atoms with van der Waals surface area (Å²) in [5.74, 6) is 1.75. The Morgan fingerprint density at radius 1 is 1.35 bits per heavy atom. The van der Waals surface area contributed by atoms with Crippen LogP contribution in [0.2, 0.25) is 0 Å². The minimum Gasteiger partial charge on any atom is -0.385 e. The topological polar surface area (TPSA) is 12.0 Å². The molecule has 0 spiro atoms. The Kier molecular flexibility index (Phi) is 7.05. The third kappa shape index (κ3) is 4.92. The summed E-state index contributed by atoms with van der Waals surface area (Å²) >= 11 is 5.42. The van der Waals surface area contributed by atoms with Crippen molar-refractivity contribution in [1.82, 2.24) is 0 Å². The second-order valence-corrected chi connectivity index (χ2v) is 6.29. The van der Waals surface area contributed by atoms with Gasteiger partial charge in [-0.25, -0.2) is 0 Å². The van der Waals surface area contributed by atoms with Crippen LogP contribution in [0.5, 0.6) is 0 Å². The minimum atomic E-state index is 0.570. The summed E-state index contributed by atoms with van der Waals surface area (Å²) < 4.78 is 0. The lowest BCUT2D eigenvalue weighted by molar-refractivity contribution is 0.862. The molecule has 17 heavy (non-hydrogen) atoms. The van der Waals surface area contributed by atoms with Crippen molar-refractivity contribution in [2.24, 2.45) is 0 Å². The SMILES string of the molecule is CCNc1ccc(SCCCBr)cc1C(C)C. The maximum Gasteiger partial charge on any atom is 0.0376 e. The highest BCUT2D eigenvalue weighted by Crippen LogP contribution is 2.30. The third-order valence-corrected chi connectivity index (χ3v) is 4.20. The number of thioether (sulfide) groups is 1. The maximum atomic E-state index is 3.47. The van der Waals surface area contributed by atoms with Gasteiger partial charge in [-0.05, 0) is 48.8 Å². The van der Waals surface area contributed by atoms with Crippen molar-refractivity contribution in [3.05, 3.63) is 23.8 Å². The number of hydrogen-bond donors (Lipinski definition) is 1. The molecule has 3 heteroatoms. The van der Waals surface area contributed by atoms with Gasteiger partial charge in [0.05, 0.1) is 0 Å². The molecule has 0 atom stereocenters. The number of hydrogen-bond acceptors (Lipinski definition) is 2. The summed E-state index contributed by atoms with van der Waals surface area (Å²) in [5, 5.41) is 4.52. The molecule has 0 radical (unpaired) electrons. The highest BCUT2D eigenvalue weighted by Gasteiger charge is 2.07. The Labute approximate surface area is 118 Å². The fraction of sp³-hybridized carbons (Fsp3) is 0.571. The van der Waals surface area contributed by atoms with Crippen molar-refractivity contribution in [1.29, 1.82) is 0 Å². The molecule has 0 fully saturated rings. The number of rotatable bonds is 7. The van der Waals surface area contributed by atoms with E-state index in [0.717, 1.165) is 11.9 Å². The van der Waals surface area contributed by atoms with E-state index in [1.807, 2.05) is 11.8 Å². The Morgan fingerprint density at radius 2 is 2.12 bits per heavy atom. The normalized spacial score (nSPS) is 10.9. The Morgan fingerprint density at radius 3 is 2.71 bits per heavy atom. The first-order valence-electron chi connectivity index (χ1n) is 6.25. The molecule has 0 amide bonds. The van der Waals surface area contributed by atoms with Crippen LogP contribution in [0, 0.1) is 0 Å². The average molecular weight is 316 g/mol. The van der Waals surface area contributed by atoms with Crippen molar-refractivity contribution in [3.8, 4) is 0 Å². The number of nitrogens with one attached hydrogen (secondary N) is 1. The summed E-state index contributed by atoms with van der Waals surface area (Å²) in [6.07, 6.45) is 1.22. The molecular weight excluding hydrogens is 294 g/mol. The Bertz CT molecular complexity index is 339. The number of benzene rings is 1. The van der Waals surface area contributed by atoms with Crippen LogP contribution in [0.1, 0.15) is 38.7 Å². The van der Waals surface area contributed by atoms with Crippen LogP contribution < -0.4 is 5.32 Å². The molecule has 96 valence electrons. The van der Waals surface area contributed by atoms with Gasteiger partial charge in [-0.3, -0.25) is 0 Å². The lowest BCUT2D eigenvalue weighted by Crippen LogP contribution is -2.02. The molecular formula is C14H22BrNS. The summed E-state index contributed by atoms with van der Waals surface area (Å²) in [6.45, 7) is 7.63. The van der Waals surface area contributed by atoms with Gasteiger partial charge >= 0.3 is 0 Å². The van der Waals surface area contributed by atoms with Crippen LogP contribution in [0.4, 0.5) is 5.69 Å². The fourth-order valence-electron chi connectivity index (χ4n) is 1.70. The molecule has 0 heterocycles. The molecule has 0 aliphatic rings. The van der Waals surface area contributed by atoms with E-state index in [1.165, 1.54) is 28.3 Å². The zero-order valence-corrected chi connectivity index (χ0v) is 13.3. The molecule has 0 unspecified atom stereocenters. The summed E-state index contributed by atoms with van der Waals surface area (Å²) in [4.78, 5) is 1.39. The van der Waals surface area contributed by atoms with E-state index in [2.05, 4.69) is 60.2 Å². The number of halogens is 1. The van der Waals surface area contributed by atoms with Crippen LogP contribution in [-0.4, -0.2) is 17.6 Å². The van der Waals surface area contributed by atoms with Gasteiger partial charge in [-0.2, -0.15) is 0 Å². The smallest absolute Gasteiger partial charge is 0.0376 e. The predicted octanol–water partition coefficient (Wildman–Crippen LogP) is 5.12. The van der Waals surface area contributed by atoms with Crippen LogP contribution >= 0.6 is 27.7 Å². The second-order valence-electron chi connectivity index (χ2n) is 4.33. The molecule has 0 saturated carbocycles. The fourth-order valence-corrected chi connectivity index (χ4v) is 3.25. The van der Waals surface area contributed by atoms with E-state index < -0.39 is 0 Å². The maximum absolute atomic E-state index is 3.47. The summed E-state index contributed by atoms with van der Waals surface area (Å²) in [6, 6.07) is 6.78. The first-order chi connectivity index (χ1) is 8.19. The van der Waals surface area contributed by atoms with E-state index in [4.69, 9.17) is 0 Å². The molecule has 1 N–H and O–H groups in total. The lowest BCUT2D eigenvalue weighted by Gasteiger charge is -2.15. The van der Waals surface area contributed by atoms with Crippen molar-refractivity contribution >= 4 is 33.4 Å². The van der Waals surface area contributed by atoms with Gasteiger partial charge in [-0.15, -0.1) is 11.8 Å². The van der Waals surface area contributed by atoms with Crippen LogP contribution in [0.3, 0.4) is 0 Å². The van der Waals surface area contributed by atoms with E-state index in [0.29, 0.717) is 5.92 Å². The van der Waals surface area contributed by atoms with Crippen molar-refractivity contribution in [2.45, 2.75) is 38.0 Å². The minimum absolute atomic E-state index is 0.570. The summed E-state index contributed by atoms with van der Waals surface area (Å²) in [7, 11) is 0. The third-order valence-electron chi connectivity index (χ3n) is 2.56. The first-order valence-corrected chi connectivity index (χ1v) is 8.36. The van der Waals surface area contributed by atoms with Gasteiger partial charge in [0.15, 0.2) is 0 Å². The van der Waals surface area contributed by atoms with E-state index >= 15 is 0 Å². The highest BCUT2D eigenvalue weighted by molar-refractivity contribution is 9.09. The largest absolute Gasteiger partial charge is 0.385 e. The Balaban J connectivity index is 2.78. The molecule has 1 aromatic rings. The molecule has 0 saturated heterocycles. The van der Waals surface area contributed by atoms with Crippen molar-refractivity contribution < 1.29 is 0 Å². The Hall–Kier alpha value is -0.150. The number of alkyl halides is 1. The van der Waals surface area contributed by atoms with Gasteiger partial charge in [-0.1, -0.05) is 29.8 Å².